The van der Waals surface area contributed by atoms with Crippen molar-refractivity contribution in [2.45, 2.75) is 45.2 Å². The average Bonchev–Trinajstić information content (AvgIpc) is 3.11. The first-order valence-electron chi connectivity index (χ1n) is 8.81. The van der Waals surface area contributed by atoms with Crippen LogP contribution in [0.25, 0.3) is 0 Å². The van der Waals surface area contributed by atoms with Crippen LogP contribution in [0.15, 0.2) is 29.3 Å². The molecule has 126 valence electrons. The molecule has 0 bridgehead atoms. The molecule has 1 aromatic rings. The Labute approximate surface area is 137 Å². The predicted octanol–water partition coefficient (Wildman–Crippen LogP) is 1.57. The highest BCUT2D eigenvalue weighted by Gasteiger charge is 2.30. The summed E-state index contributed by atoms with van der Waals surface area (Å²) in [4.78, 5) is 28.1. The van der Waals surface area contributed by atoms with Crippen molar-refractivity contribution in [3.63, 3.8) is 0 Å². The molecule has 3 rings (SSSR count). The van der Waals surface area contributed by atoms with Gasteiger partial charge in [-0.05, 0) is 51.6 Å². The number of pyridine rings is 1. The Morgan fingerprint density at radius 2 is 1.74 bits per heavy atom. The van der Waals surface area contributed by atoms with Crippen LogP contribution in [0.3, 0.4) is 0 Å². The molecule has 0 unspecified atom stereocenters. The third-order valence-electron chi connectivity index (χ3n) is 5.47. The number of carbonyl (C=O) groups is 1. The first-order valence-corrected chi connectivity index (χ1v) is 8.81. The number of carbonyl (C=O) groups excluding carboxylic acids is 1. The molecule has 0 radical (unpaired) electrons. The quantitative estimate of drug-likeness (QED) is 0.847. The first kappa shape index (κ1) is 16.2. The smallest absolute Gasteiger partial charge is 0.242 e. The Balaban J connectivity index is 1.49. The Morgan fingerprint density at radius 3 is 2.35 bits per heavy atom. The monoisotopic (exact) mass is 317 g/mol. The molecule has 5 nitrogen and oxygen atoms in total. The molecule has 3 heterocycles. The summed E-state index contributed by atoms with van der Waals surface area (Å²) in [6.07, 6.45) is 8.24. The normalized spacial score (nSPS) is 21.5. The van der Waals surface area contributed by atoms with Gasteiger partial charge in [-0.3, -0.25) is 9.59 Å². The number of hydrogen-bond donors (Lipinski definition) is 0. The van der Waals surface area contributed by atoms with Gasteiger partial charge in [0.15, 0.2) is 5.43 Å². The van der Waals surface area contributed by atoms with E-state index >= 15 is 0 Å². The predicted molar refractivity (Wildman–Crippen MR) is 90.3 cm³/mol. The Morgan fingerprint density at radius 1 is 1.13 bits per heavy atom. The molecule has 1 amide bonds. The second-order valence-corrected chi connectivity index (χ2v) is 6.91. The highest BCUT2D eigenvalue weighted by Crippen LogP contribution is 2.26. The largest absolute Gasteiger partial charge is 0.345 e. The average molecular weight is 317 g/mol. The third kappa shape index (κ3) is 4.02. The van der Waals surface area contributed by atoms with Crippen LogP contribution in [0, 0.1) is 5.92 Å². The maximum atomic E-state index is 12.4. The zero-order valence-corrected chi connectivity index (χ0v) is 14.0. The van der Waals surface area contributed by atoms with Crippen LogP contribution in [-0.2, 0) is 11.3 Å². The summed E-state index contributed by atoms with van der Waals surface area (Å²) < 4.78 is 1.78. The summed E-state index contributed by atoms with van der Waals surface area (Å²) in [5.41, 5.74) is -0.0228. The van der Waals surface area contributed by atoms with Gasteiger partial charge in [0.05, 0.1) is 0 Å². The fourth-order valence-corrected chi connectivity index (χ4v) is 3.88. The molecule has 0 spiro atoms. The van der Waals surface area contributed by atoms with Crippen molar-refractivity contribution in [1.82, 2.24) is 14.4 Å². The lowest BCUT2D eigenvalue weighted by molar-refractivity contribution is -0.133. The SMILES string of the molecule is C[C@H](C1CCN(C(=O)Cn2ccc(=O)cc2)CC1)N1CCCC1. The molecule has 1 atom stereocenters. The number of amides is 1. The molecule has 23 heavy (non-hydrogen) atoms. The molecule has 5 heteroatoms. The second-order valence-electron chi connectivity index (χ2n) is 6.91. The second kappa shape index (κ2) is 7.30. The maximum absolute atomic E-state index is 12.4. The lowest BCUT2D eigenvalue weighted by atomic mass is 9.89. The van der Waals surface area contributed by atoms with Gasteiger partial charge in [-0.25, -0.2) is 0 Å². The van der Waals surface area contributed by atoms with Crippen molar-refractivity contribution in [2.24, 2.45) is 5.92 Å². The number of rotatable bonds is 4. The molecular formula is C18H27N3O2. The van der Waals surface area contributed by atoms with Gasteiger partial charge in [-0.1, -0.05) is 0 Å². The van der Waals surface area contributed by atoms with Crippen LogP contribution in [0.4, 0.5) is 0 Å². The van der Waals surface area contributed by atoms with E-state index in [1.807, 2.05) is 4.90 Å². The van der Waals surface area contributed by atoms with Gasteiger partial charge in [0.25, 0.3) is 0 Å². The molecule has 2 saturated heterocycles. The fourth-order valence-electron chi connectivity index (χ4n) is 3.88. The van der Waals surface area contributed by atoms with E-state index in [0.717, 1.165) is 25.9 Å². The Bertz CT molecular complexity index is 564. The van der Waals surface area contributed by atoms with E-state index in [4.69, 9.17) is 0 Å². The zero-order chi connectivity index (χ0) is 16.2. The zero-order valence-electron chi connectivity index (χ0n) is 14.0. The van der Waals surface area contributed by atoms with Crippen LogP contribution in [0.1, 0.15) is 32.6 Å². The standard InChI is InChI=1S/C18H27N3O2/c1-15(20-8-2-3-9-20)16-4-12-21(13-5-16)18(23)14-19-10-6-17(22)7-11-19/h6-7,10-11,15-16H,2-5,8-9,12-14H2,1H3/t15-/m1/s1. The first-order chi connectivity index (χ1) is 11.1. The van der Waals surface area contributed by atoms with Crippen LogP contribution in [-0.4, -0.2) is 52.5 Å². The van der Waals surface area contributed by atoms with Crippen molar-refractivity contribution in [3.8, 4) is 0 Å². The molecule has 2 aliphatic heterocycles. The highest BCUT2D eigenvalue weighted by molar-refractivity contribution is 5.76. The highest BCUT2D eigenvalue weighted by atomic mass is 16.2. The minimum absolute atomic E-state index is 0.0228. The van der Waals surface area contributed by atoms with Crippen LogP contribution >= 0.6 is 0 Å². The molecule has 0 saturated carbocycles. The van der Waals surface area contributed by atoms with Crippen molar-refractivity contribution in [1.29, 1.82) is 0 Å². The van der Waals surface area contributed by atoms with Gasteiger partial charge in [0, 0.05) is 43.7 Å². The molecule has 2 aliphatic rings. The molecule has 0 aliphatic carbocycles. The summed E-state index contributed by atoms with van der Waals surface area (Å²) in [7, 11) is 0. The Hall–Kier alpha value is -1.62. The van der Waals surface area contributed by atoms with E-state index in [9.17, 15) is 9.59 Å². The summed E-state index contributed by atoms with van der Waals surface area (Å²) in [5.74, 6) is 0.866. The van der Waals surface area contributed by atoms with Gasteiger partial charge in [-0.15, -0.1) is 0 Å². The Kier molecular flexibility index (Phi) is 5.16. The number of nitrogens with zero attached hydrogens (tertiary/aromatic N) is 3. The van der Waals surface area contributed by atoms with Crippen molar-refractivity contribution < 1.29 is 4.79 Å². The lowest BCUT2D eigenvalue weighted by Crippen LogP contribution is -2.45. The van der Waals surface area contributed by atoms with Crippen LogP contribution < -0.4 is 5.43 Å². The van der Waals surface area contributed by atoms with E-state index in [-0.39, 0.29) is 11.3 Å². The minimum Gasteiger partial charge on any atom is -0.345 e. The molecule has 0 N–H and O–H groups in total. The summed E-state index contributed by atoms with van der Waals surface area (Å²) in [5, 5.41) is 0. The number of aromatic nitrogens is 1. The van der Waals surface area contributed by atoms with Gasteiger partial charge in [0.1, 0.15) is 6.54 Å². The van der Waals surface area contributed by atoms with Crippen molar-refractivity contribution in [3.05, 3.63) is 34.7 Å². The molecule has 0 aromatic carbocycles. The third-order valence-corrected chi connectivity index (χ3v) is 5.47. The number of hydrogen-bond acceptors (Lipinski definition) is 3. The van der Waals surface area contributed by atoms with Gasteiger partial charge < -0.3 is 14.4 Å². The van der Waals surface area contributed by atoms with E-state index in [0.29, 0.717) is 18.5 Å². The van der Waals surface area contributed by atoms with Gasteiger partial charge in [-0.2, -0.15) is 0 Å². The topological polar surface area (TPSA) is 45.6 Å². The van der Waals surface area contributed by atoms with Crippen molar-refractivity contribution >= 4 is 5.91 Å². The molecular weight excluding hydrogens is 290 g/mol. The van der Waals surface area contributed by atoms with Gasteiger partial charge >= 0.3 is 0 Å². The minimum atomic E-state index is -0.0228. The fraction of sp³-hybridized carbons (Fsp3) is 0.667. The summed E-state index contributed by atoms with van der Waals surface area (Å²) in [6, 6.07) is 3.64. The summed E-state index contributed by atoms with van der Waals surface area (Å²) in [6.45, 7) is 6.89. The van der Waals surface area contributed by atoms with E-state index < -0.39 is 0 Å². The van der Waals surface area contributed by atoms with Crippen LogP contribution in [0.2, 0.25) is 0 Å². The van der Waals surface area contributed by atoms with Gasteiger partial charge in [0.2, 0.25) is 5.91 Å². The van der Waals surface area contributed by atoms with Crippen LogP contribution in [0.5, 0.6) is 0 Å². The molecule has 2 fully saturated rings. The van der Waals surface area contributed by atoms with Crippen molar-refractivity contribution in [2.75, 3.05) is 26.2 Å². The van der Waals surface area contributed by atoms with E-state index in [1.54, 1.807) is 17.0 Å². The van der Waals surface area contributed by atoms with E-state index in [2.05, 4.69) is 11.8 Å². The van der Waals surface area contributed by atoms with E-state index in [1.165, 1.54) is 38.1 Å². The number of likely N-dealkylation sites (tertiary alicyclic amines) is 2. The summed E-state index contributed by atoms with van der Waals surface area (Å²) >= 11 is 0. The maximum Gasteiger partial charge on any atom is 0.242 e. The lowest BCUT2D eigenvalue weighted by Gasteiger charge is -2.38. The number of piperidine rings is 1. The molecule has 1 aromatic heterocycles.